The Labute approximate surface area is 96.8 Å². The van der Waals surface area contributed by atoms with E-state index in [-0.39, 0.29) is 12.1 Å². The van der Waals surface area contributed by atoms with E-state index in [1.54, 1.807) is 0 Å². The number of nitrogens with one attached hydrogen (secondary N) is 1. The SMILES string of the molecule is Fc1c(CNCC2CC2)cccc1C(F)(F)F. The minimum atomic E-state index is -4.63. The molecule has 5 heteroatoms. The highest BCUT2D eigenvalue weighted by atomic mass is 19.4. The summed E-state index contributed by atoms with van der Waals surface area (Å²) in [5.74, 6) is -0.549. The van der Waals surface area contributed by atoms with E-state index in [9.17, 15) is 17.6 Å². The second-order valence-electron chi connectivity index (χ2n) is 4.35. The van der Waals surface area contributed by atoms with Crippen molar-refractivity contribution in [1.29, 1.82) is 0 Å². The van der Waals surface area contributed by atoms with E-state index in [2.05, 4.69) is 5.32 Å². The van der Waals surface area contributed by atoms with Gasteiger partial charge in [0.05, 0.1) is 5.56 Å². The molecule has 0 heterocycles. The van der Waals surface area contributed by atoms with Crippen LogP contribution in [-0.2, 0) is 12.7 Å². The third-order valence-electron chi connectivity index (χ3n) is 2.83. The highest BCUT2D eigenvalue weighted by molar-refractivity contribution is 5.28. The van der Waals surface area contributed by atoms with Crippen LogP contribution in [0.2, 0.25) is 0 Å². The Morgan fingerprint density at radius 2 is 1.94 bits per heavy atom. The quantitative estimate of drug-likeness (QED) is 0.804. The van der Waals surface area contributed by atoms with Crippen LogP contribution >= 0.6 is 0 Å². The highest BCUT2D eigenvalue weighted by Crippen LogP contribution is 2.32. The van der Waals surface area contributed by atoms with Crippen LogP contribution < -0.4 is 5.32 Å². The van der Waals surface area contributed by atoms with Crippen LogP contribution in [0.4, 0.5) is 17.6 Å². The average molecular weight is 247 g/mol. The Kier molecular flexibility index (Phi) is 3.38. The van der Waals surface area contributed by atoms with Crippen molar-refractivity contribution in [2.45, 2.75) is 25.6 Å². The molecule has 0 aromatic heterocycles. The molecular formula is C12H13F4N. The van der Waals surface area contributed by atoms with Gasteiger partial charge in [-0.3, -0.25) is 0 Å². The van der Waals surface area contributed by atoms with Crippen molar-refractivity contribution >= 4 is 0 Å². The smallest absolute Gasteiger partial charge is 0.312 e. The van der Waals surface area contributed by atoms with Gasteiger partial charge in [-0.25, -0.2) is 4.39 Å². The third kappa shape index (κ3) is 3.19. The maximum absolute atomic E-state index is 13.5. The first-order valence-corrected chi connectivity index (χ1v) is 5.54. The molecule has 0 unspecified atom stereocenters. The Morgan fingerprint density at radius 3 is 2.53 bits per heavy atom. The van der Waals surface area contributed by atoms with Gasteiger partial charge in [-0.2, -0.15) is 13.2 Å². The Hall–Kier alpha value is -1.10. The number of halogens is 4. The third-order valence-corrected chi connectivity index (χ3v) is 2.83. The fourth-order valence-electron chi connectivity index (χ4n) is 1.67. The van der Waals surface area contributed by atoms with Gasteiger partial charge >= 0.3 is 6.18 Å². The van der Waals surface area contributed by atoms with Crippen molar-refractivity contribution in [3.8, 4) is 0 Å². The van der Waals surface area contributed by atoms with Gasteiger partial charge in [0.15, 0.2) is 0 Å². The highest BCUT2D eigenvalue weighted by Gasteiger charge is 2.34. The van der Waals surface area contributed by atoms with Gasteiger partial charge in [-0.05, 0) is 31.4 Å². The number of hydrogen-bond donors (Lipinski definition) is 1. The normalized spacial score (nSPS) is 16.2. The summed E-state index contributed by atoms with van der Waals surface area (Å²) in [6, 6.07) is 3.38. The standard InChI is InChI=1S/C12H13F4N/c13-11-9(7-17-6-8-4-5-8)2-1-3-10(11)12(14,15)16/h1-3,8,17H,4-7H2. The van der Waals surface area contributed by atoms with E-state index >= 15 is 0 Å². The van der Waals surface area contributed by atoms with Gasteiger partial charge < -0.3 is 5.32 Å². The lowest BCUT2D eigenvalue weighted by Crippen LogP contribution is -2.18. The van der Waals surface area contributed by atoms with Gasteiger partial charge in [-0.1, -0.05) is 12.1 Å². The van der Waals surface area contributed by atoms with Crippen molar-refractivity contribution in [2.24, 2.45) is 5.92 Å². The van der Waals surface area contributed by atoms with Gasteiger partial charge in [-0.15, -0.1) is 0 Å². The molecule has 1 aliphatic carbocycles. The minimum Gasteiger partial charge on any atom is -0.312 e. The zero-order valence-corrected chi connectivity index (χ0v) is 9.15. The molecule has 2 rings (SSSR count). The van der Waals surface area contributed by atoms with Crippen LogP contribution in [0.25, 0.3) is 0 Å². The van der Waals surface area contributed by atoms with E-state index < -0.39 is 17.6 Å². The first-order valence-electron chi connectivity index (χ1n) is 5.54. The summed E-state index contributed by atoms with van der Waals surface area (Å²) in [5, 5.41) is 2.98. The number of hydrogen-bond acceptors (Lipinski definition) is 1. The molecule has 1 aromatic rings. The summed E-state index contributed by atoms with van der Waals surface area (Å²) in [4.78, 5) is 0. The number of alkyl halides is 3. The van der Waals surface area contributed by atoms with E-state index in [0.29, 0.717) is 5.92 Å². The van der Waals surface area contributed by atoms with Crippen molar-refractivity contribution in [3.05, 3.63) is 35.1 Å². The summed E-state index contributed by atoms with van der Waals surface area (Å²) in [6.45, 7) is 0.891. The first-order chi connectivity index (χ1) is 7.98. The molecule has 17 heavy (non-hydrogen) atoms. The molecule has 1 fully saturated rings. The monoisotopic (exact) mass is 247 g/mol. The zero-order chi connectivity index (χ0) is 12.5. The average Bonchev–Trinajstić information content (AvgIpc) is 3.02. The number of benzene rings is 1. The van der Waals surface area contributed by atoms with E-state index in [4.69, 9.17) is 0 Å². The number of rotatable bonds is 4. The Morgan fingerprint density at radius 1 is 1.24 bits per heavy atom. The van der Waals surface area contributed by atoms with E-state index in [0.717, 1.165) is 25.5 Å². The van der Waals surface area contributed by atoms with Crippen LogP contribution in [0, 0.1) is 11.7 Å². The van der Waals surface area contributed by atoms with Gasteiger partial charge in [0.2, 0.25) is 0 Å². The van der Waals surface area contributed by atoms with Crippen LogP contribution in [0.1, 0.15) is 24.0 Å². The molecule has 1 aliphatic rings. The minimum absolute atomic E-state index is 0.0699. The molecule has 0 aliphatic heterocycles. The molecule has 0 saturated heterocycles. The van der Waals surface area contributed by atoms with E-state index in [1.807, 2.05) is 0 Å². The largest absolute Gasteiger partial charge is 0.419 e. The van der Waals surface area contributed by atoms with Gasteiger partial charge in [0.1, 0.15) is 5.82 Å². The van der Waals surface area contributed by atoms with Crippen molar-refractivity contribution in [2.75, 3.05) is 6.54 Å². The Balaban J connectivity index is 2.05. The van der Waals surface area contributed by atoms with Crippen LogP contribution in [0.15, 0.2) is 18.2 Å². The molecule has 1 nitrogen and oxygen atoms in total. The van der Waals surface area contributed by atoms with Gasteiger partial charge in [0.25, 0.3) is 0 Å². The van der Waals surface area contributed by atoms with Crippen LogP contribution in [0.5, 0.6) is 0 Å². The lowest BCUT2D eigenvalue weighted by Gasteiger charge is -2.11. The molecule has 0 spiro atoms. The molecule has 1 aromatic carbocycles. The Bertz CT molecular complexity index is 396. The summed E-state index contributed by atoms with van der Waals surface area (Å²) in [5.41, 5.74) is -1.12. The predicted octanol–water partition coefficient (Wildman–Crippen LogP) is 3.34. The second kappa shape index (κ2) is 4.64. The maximum atomic E-state index is 13.5. The van der Waals surface area contributed by atoms with Crippen LogP contribution in [0.3, 0.4) is 0 Å². The van der Waals surface area contributed by atoms with Crippen molar-refractivity contribution in [1.82, 2.24) is 5.32 Å². The predicted molar refractivity (Wildman–Crippen MR) is 55.8 cm³/mol. The lowest BCUT2D eigenvalue weighted by molar-refractivity contribution is -0.140. The fraction of sp³-hybridized carbons (Fsp3) is 0.500. The first kappa shape index (κ1) is 12.4. The molecule has 0 bridgehead atoms. The maximum Gasteiger partial charge on any atom is 0.419 e. The molecule has 1 saturated carbocycles. The summed E-state index contributed by atoms with van der Waals surface area (Å²) >= 11 is 0. The van der Waals surface area contributed by atoms with Crippen LogP contribution in [-0.4, -0.2) is 6.54 Å². The zero-order valence-electron chi connectivity index (χ0n) is 9.15. The lowest BCUT2D eigenvalue weighted by atomic mass is 10.1. The van der Waals surface area contributed by atoms with Gasteiger partial charge in [0, 0.05) is 12.1 Å². The van der Waals surface area contributed by atoms with Crippen molar-refractivity contribution in [3.63, 3.8) is 0 Å². The summed E-state index contributed by atoms with van der Waals surface area (Å²) in [6.07, 6.45) is -2.33. The van der Waals surface area contributed by atoms with Crippen molar-refractivity contribution < 1.29 is 17.6 Å². The topological polar surface area (TPSA) is 12.0 Å². The fourth-order valence-corrected chi connectivity index (χ4v) is 1.67. The molecule has 1 N–H and O–H groups in total. The molecule has 0 atom stereocenters. The molecular weight excluding hydrogens is 234 g/mol. The molecule has 94 valence electrons. The summed E-state index contributed by atoms with van der Waals surface area (Å²) in [7, 11) is 0. The summed E-state index contributed by atoms with van der Waals surface area (Å²) < 4.78 is 50.8. The molecule has 0 amide bonds. The second-order valence-corrected chi connectivity index (χ2v) is 4.35. The molecule has 0 radical (unpaired) electrons. The van der Waals surface area contributed by atoms with E-state index in [1.165, 1.54) is 12.1 Å².